The number of rotatable bonds is 4. The van der Waals surface area contributed by atoms with E-state index in [4.69, 9.17) is 26.4 Å². The normalized spacial score (nSPS) is 17.0. The van der Waals surface area contributed by atoms with Crippen LogP contribution < -0.4 is 24.4 Å². The third kappa shape index (κ3) is 3.70. The average Bonchev–Trinajstić information content (AvgIpc) is 3.14. The average molecular weight is 475 g/mol. The van der Waals surface area contributed by atoms with E-state index in [2.05, 4.69) is 21.2 Å². The monoisotopic (exact) mass is 474 g/mol. The minimum absolute atomic E-state index is 0.0233. The van der Waals surface area contributed by atoms with Crippen LogP contribution in [0.3, 0.4) is 0 Å². The third-order valence-corrected chi connectivity index (χ3v) is 5.10. The van der Waals surface area contributed by atoms with Crippen LogP contribution in [0, 0.1) is 0 Å². The van der Waals surface area contributed by atoms with Gasteiger partial charge in [-0.25, -0.2) is 0 Å². The maximum Gasteiger partial charge on any atom is 0.270 e. The van der Waals surface area contributed by atoms with Gasteiger partial charge in [-0.1, -0.05) is 15.9 Å². The van der Waals surface area contributed by atoms with Gasteiger partial charge in [0.1, 0.15) is 11.3 Å². The summed E-state index contributed by atoms with van der Waals surface area (Å²) >= 11 is 8.58. The van der Waals surface area contributed by atoms with Crippen molar-refractivity contribution >= 4 is 56.8 Å². The lowest BCUT2D eigenvalue weighted by Crippen LogP contribution is -2.54. The quantitative estimate of drug-likeness (QED) is 0.415. The number of carbonyl (C=O) groups is 2. The standard InChI is InChI=1S/C20H15BrN2O5S/c1-2-26-15-9-17-16(27-10-28-17)8-11(15)7-14-18(24)22-20(29)23(19(14)25)13-5-3-12(21)4-6-13/h3-9H,2,10H2,1H3,(H,22,24,29)/b14-7-. The van der Waals surface area contributed by atoms with Crippen molar-refractivity contribution in [1.82, 2.24) is 5.32 Å². The first-order chi connectivity index (χ1) is 14.0. The van der Waals surface area contributed by atoms with Gasteiger partial charge in [-0.2, -0.15) is 0 Å². The largest absolute Gasteiger partial charge is 0.493 e. The molecule has 29 heavy (non-hydrogen) atoms. The number of hydrogen-bond donors (Lipinski definition) is 1. The lowest BCUT2D eigenvalue weighted by molar-refractivity contribution is -0.122. The highest BCUT2D eigenvalue weighted by atomic mass is 79.9. The summed E-state index contributed by atoms with van der Waals surface area (Å²) in [4.78, 5) is 27.0. The van der Waals surface area contributed by atoms with Gasteiger partial charge in [0.05, 0.1) is 12.3 Å². The smallest absolute Gasteiger partial charge is 0.270 e. The van der Waals surface area contributed by atoms with Crippen LogP contribution in [0.5, 0.6) is 17.2 Å². The number of ether oxygens (including phenoxy) is 3. The van der Waals surface area contributed by atoms with Gasteiger partial charge in [-0.15, -0.1) is 0 Å². The van der Waals surface area contributed by atoms with E-state index in [1.54, 1.807) is 36.4 Å². The van der Waals surface area contributed by atoms with Crippen molar-refractivity contribution in [1.29, 1.82) is 0 Å². The van der Waals surface area contributed by atoms with Gasteiger partial charge in [0, 0.05) is 16.1 Å². The highest BCUT2D eigenvalue weighted by Gasteiger charge is 2.35. The van der Waals surface area contributed by atoms with Crippen molar-refractivity contribution < 1.29 is 23.8 Å². The molecule has 0 bridgehead atoms. The van der Waals surface area contributed by atoms with Gasteiger partial charge in [0.25, 0.3) is 11.8 Å². The van der Waals surface area contributed by atoms with Crippen LogP contribution in [0.15, 0.2) is 46.4 Å². The van der Waals surface area contributed by atoms with Crippen LogP contribution in [-0.2, 0) is 9.59 Å². The number of anilines is 1. The number of benzene rings is 2. The highest BCUT2D eigenvalue weighted by Crippen LogP contribution is 2.39. The van der Waals surface area contributed by atoms with Crippen molar-refractivity contribution in [2.24, 2.45) is 0 Å². The Labute approximate surface area is 180 Å². The van der Waals surface area contributed by atoms with E-state index in [9.17, 15) is 9.59 Å². The minimum Gasteiger partial charge on any atom is -0.493 e. The number of halogens is 1. The molecule has 0 atom stereocenters. The fraction of sp³-hybridized carbons (Fsp3) is 0.150. The van der Waals surface area contributed by atoms with E-state index < -0.39 is 11.8 Å². The van der Waals surface area contributed by atoms with Crippen molar-refractivity contribution in [2.45, 2.75) is 6.92 Å². The van der Waals surface area contributed by atoms with Crippen LogP contribution in [0.4, 0.5) is 5.69 Å². The molecule has 0 saturated carbocycles. The molecule has 0 spiro atoms. The Morgan fingerprint density at radius 3 is 2.59 bits per heavy atom. The third-order valence-electron chi connectivity index (χ3n) is 4.29. The Balaban J connectivity index is 1.76. The molecule has 2 aromatic carbocycles. The fourth-order valence-electron chi connectivity index (χ4n) is 2.97. The molecular weight excluding hydrogens is 460 g/mol. The Morgan fingerprint density at radius 2 is 1.90 bits per heavy atom. The lowest BCUT2D eigenvalue weighted by atomic mass is 10.1. The molecule has 2 heterocycles. The second kappa shape index (κ2) is 7.84. The van der Waals surface area contributed by atoms with E-state index >= 15 is 0 Å². The molecule has 2 aliphatic rings. The Hall–Kier alpha value is -2.91. The van der Waals surface area contributed by atoms with Gasteiger partial charge >= 0.3 is 0 Å². The first-order valence-corrected chi connectivity index (χ1v) is 9.91. The summed E-state index contributed by atoms with van der Waals surface area (Å²) in [5, 5.41) is 2.59. The zero-order valence-electron chi connectivity index (χ0n) is 15.2. The van der Waals surface area contributed by atoms with E-state index in [0.717, 1.165) is 4.47 Å². The Kier molecular flexibility index (Phi) is 5.25. The van der Waals surface area contributed by atoms with Gasteiger partial charge in [0.2, 0.25) is 6.79 Å². The number of carbonyl (C=O) groups excluding carboxylic acids is 2. The summed E-state index contributed by atoms with van der Waals surface area (Å²) in [5.74, 6) is 0.444. The summed E-state index contributed by atoms with van der Waals surface area (Å²) in [6.45, 7) is 2.35. The predicted octanol–water partition coefficient (Wildman–Crippen LogP) is 3.41. The van der Waals surface area contributed by atoms with E-state index in [0.29, 0.717) is 35.1 Å². The molecule has 9 heteroatoms. The summed E-state index contributed by atoms with van der Waals surface area (Å²) in [5.41, 5.74) is 1.00. The molecule has 2 amide bonds. The van der Waals surface area contributed by atoms with Crippen molar-refractivity contribution in [2.75, 3.05) is 18.3 Å². The Morgan fingerprint density at radius 1 is 1.21 bits per heavy atom. The number of hydrogen-bond acceptors (Lipinski definition) is 6. The molecular formula is C20H15BrN2O5S. The molecule has 1 saturated heterocycles. The molecule has 0 aromatic heterocycles. The van der Waals surface area contributed by atoms with Crippen LogP contribution in [0.25, 0.3) is 6.08 Å². The van der Waals surface area contributed by atoms with Gasteiger partial charge in [-0.05, 0) is 55.5 Å². The first kappa shape index (κ1) is 19.4. The Bertz CT molecular complexity index is 1050. The number of amides is 2. The highest BCUT2D eigenvalue weighted by molar-refractivity contribution is 9.10. The topological polar surface area (TPSA) is 77.1 Å². The molecule has 2 aromatic rings. The number of fused-ring (bicyclic) bond motifs is 1. The summed E-state index contributed by atoms with van der Waals surface area (Å²) in [6, 6.07) is 10.4. The zero-order valence-corrected chi connectivity index (χ0v) is 17.6. The second-order valence-corrected chi connectivity index (χ2v) is 7.41. The predicted molar refractivity (Wildman–Crippen MR) is 114 cm³/mol. The number of nitrogens with one attached hydrogen (secondary N) is 1. The summed E-state index contributed by atoms with van der Waals surface area (Å²) in [6.07, 6.45) is 1.47. The molecule has 0 aliphatic carbocycles. The van der Waals surface area contributed by atoms with Gasteiger partial charge < -0.3 is 14.2 Å². The van der Waals surface area contributed by atoms with Crippen LogP contribution in [0.2, 0.25) is 0 Å². The molecule has 7 nitrogen and oxygen atoms in total. The van der Waals surface area contributed by atoms with Crippen LogP contribution in [0.1, 0.15) is 12.5 Å². The minimum atomic E-state index is -0.575. The molecule has 148 valence electrons. The van der Waals surface area contributed by atoms with Crippen LogP contribution in [-0.4, -0.2) is 30.3 Å². The van der Waals surface area contributed by atoms with E-state index in [1.807, 2.05) is 6.92 Å². The molecule has 1 fully saturated rings. The molecule has 2 aliphatic heterocycles. The molecule has 0 unspecified atom stereocenters. The maximum absolute atomic E-state index is 13.1. The zero-order chi connectivity index (χ0) is 20.5. The van der Waals surface area contributed by atoms with Gasteiger partial charge in [-0.3, -0.25) is 19.8 Å². The van der Waals surface area contributed by atoms with Gasteiger partial charge in [0.15, 0.2) is 16.6 Å². The fourth-order valence-corrected chi connectivity index (χ4v) is 3.52. The second-order valence-electron chi connectivity index (χ2n) is 6.11. The lowest BCUT2D eigenvalue weighted by Gasteiger charge is -2.29. The van der Waals surface area contributed by atoms with Crippen molar-refractivity contribution in [3.8, 4) is 17.2 Å². The van der Waals surface area contributed by atoms with Crippen LogP contribution >= 0.6 is 28.1 Å². The number of thiocarbonyl (C=S) groups is 1. The molecule has 0 radical (unpaired) electrons. The summed E-state index contributed by atoms with van der Waals surface area (Å²) < 4.78 is 17.3. The van der Waals surface area contributed by atoms with Crippen molar-refractivity contribution in [3.63, 3.8) is 0 Å². The first-order valence-electron chi connectivity index (χ1n) is 8.71. The SMILES string of the molecule is CCOc1cc2c(cc1/C=C1/C(=O)NC(=S)N(c3ccc(Br)cc3)C1=O)OCO2. The molecule has 1 N–H and O–H groups in total. The maximum atomic E-state index is 13.1. The summed E-state index contributed by atoms with van der Waals surface area (Å²) in [7, 11) is 0. The van der Waals surface area contributed by atoms with Crippen molar-refractivity contribution in [3.05, 3.63) is 52.0 Å². The molecule has 4 rings (SSSR count). The van der Waals surface area contributed by atoms with E-state index in [1.165, 1.54) is 11.0 Å². The number of nitrogens with zero attached hydrogens (tertiary/aromatic N) is 1. The van der Waals surface area contributed by atoms with E-state index in [-0.39, 0.29) is 17.5 Å².